The summed E-state index contributed by atoms with van der Waals surface area (Å²) < 4.78 is 6.83. The molecule has 31 heavy (non-hydrogen) atoms. The summed E-state index contributed by atoms with van der Waals surface area (Å²) in [6.45, 7) is 9.30. The SMILES string of the molecule is CCCN1C(=O)c2c(C(=O)NCc3ccco3)ncn2C[C@@]1(C)C(=O)NCCC(C)C. The zero-order chi connectivity index (χ0) is 22.6. The molecule has 0 aromatic carbocycles. The number of carbonyl (C=O) groups is 3. The highest BCUT2D eigenvalue weighted by atomic mass is 16.3. The van der Waals surface area contributed by atoms with Gasteiger partial charge >= 0.3 is 0 Å². The molecule has 168 valence electrons. The molecule has 2 N–H and O–H groups in total. The number of aromatic nitrogens is 2. The molecule has 0 unspecified atom stereocenters. The molecule has 1 atom stereocenters. The van der Waals surface area contributed by atoms with Crippen molar-refractivity contribution >= 4 is 17.7 Å². The van der Waals surface area contributed by atoms with E-state index in [0.29, 0.717) is 31.2 Å². The van der Waals surface area contributed by atoms with Gasteiger partial charge in [-0.3, -0.25) is 14.4 Å². The van der Waals surface area contributed by atoms with Gasteiger partial charge in [0.15, 0.2) is 5.69 Å². The van der Waals surface area contributed by atoms with Gasteiger partial charge in [0.1, 0.15) is 17.0 Å². The molecule has 3 heterocycles. The lowest BCUT2D eigenvalue weighted by Gasteiger charge is -2.43. The second-order valence-corrected chi connectivity index (χ2v) is 8.50. The Bertz CT molecular complexity index is 934. The van der Waals surface area contributed by atoms with Crippen molar-refractivity contribution in [3.63, 3.8) is 0 Å². The maximum absolute atomic E-state index is 13.4. The predicted molar refractivity (Wildman–Crippen MR) is 114 cm³/mol. The fraction of sp³-hybridized carbons (Fsp3) is 0.545. The molecule has 0 bridgehead atoms. The van der Waals surface area contributed by atoms with E-state index < -0.39 is 11.4 Å². The van der Waals surface area contributed by atoms with Crippen LogP contribution in [-0.4, -0.2) is 50.8 Å². The summed E-state index contributed by atoms with van der Waals surface area (Å²) in [6, 6.07) is 3.49. The number of nitrogens with zero attached hydrogens (tertiary/aromatic N) is 3. The molecule has 9 heteroatoms. The van der Waals surface area contributed by atoms with Gasteiger partial charge in [-0.15, -0.1) is 0 Å². The van der Waals surface area contributed by atoms with Crippen molar-refractivity contribution in [2.75, 3.05) is 13.1 Å². The number of nitrogens with one attached hydrogen (secondary N) is 2. The average Bonchev–Trinajstić information content (AvgIpc) is 3.38. The van der Waals surface area contributed by atoms with E-state index in [1.807, 2.05) is 6.92 Å². The zero-order valence-electron chi connectivity index (χ0n) is 18.6. The number of fused-ring (bicyclic) bond motifs is 1. The Morgan fingerprint density at radius 1 is 1.32 bits per heavy atom. The van der Waals surface area contributed by atoms with Gasteiger partial charge in [-0.1, -0.05) is 20.8 Å². The Hall–Kier alpha value is -3.10. The lowest BCUT2D eigenvalue weighted by Crippen LogP contribution is -2.64. The smallest absolute Gasteiger partial charge is 0.273 e. The fourth-order valence-electron chi connectivity index (χ4n) is 3.76. The van der Waals surface area contributed by atoms with Crippen LogP contribution in [0.1, 0.15) is 67.3 Å². The molecule has 0 radical (unpaired) electrons. The van der Waals surface area contributed by atoms with Gasteiger partial charge < -0.3 is 24.5 Å². The zero-order valence-corrected chi connectivity index (χ0v) is 18.6. The van der Waals surface area contributed by atoms with E-state index in [1.54, 1.807) is 28.5 Å². The van der Waals surface area contributed by atoms with Crippen LogP contribution < -0.4 is 10.6 Å². The highest BCUT2D eigenvalue weighted by Crippen LogP contribution is 2.29. The molecule has 3 amide bonds. The number of furan rings is 1. The molecule has 0 aliphatic carbocycles. The summed E-state index contributed by atoms with van der Waals surface area (Å²) in [5.41, 5.74) is -0.794. The standard InChI is InChI=1S/C22H31N5O4/c1-5-10-27-20(29)18-17(19(28)24-12-16-7-6-11-31-16)25-14-26(18)13-22(27,4)21(30)23-9-8-15(2)3/h6-7,11,14-15H,5,8-10,12-13H2,1-4H3,(H,23,30)(H,24,28)/t22-/m0/s1. The van der Waals surface area contributed by atoms with Crippen molar-refractivity contribution in [3.8, 4) is 0 Å². The van der Waals surface area contributed by atoms with Crippen molar-refractivity contribution in [1.82, 2.24) is 25.1 Å². The maximum Gasteiger partial charge on any atom is 0.273 e. The number of imidazole rings is 1. The molecule has 0 saturated carbocycles. The summed E-state index contributed by atoms with van der Waals surface area (Å²) in [4.78, 5) is 45.0. The van der Waals surface area contributed by atoms with Gasteiger partial charge in [0, 0.05) is 13.1 Å². The van der Waals surface area contributed by atoms with E-state index in [-0.39, 0.29) is 36.3 Å². The third-order valence-corrected chi connectivity index (χ3v) is 5.52. The van der Waals surface area contributed by atoms with Crippen molar-refractivity contribution in [2.24, 2.45) is 5.92 Å². The van der Waals surface area contributed by atoms with Crippen LogP contribution in [-0.2, 0) is 17.9 Å². The second-order valence-electron chi connectivity index (χ2n) is 8.50. The minimum atomic E-state index is -1.06. The number of hydrogen-bond acceptors (Lipinski definition) is 5. The Kier molecular flexibility index (Phi) is 6.82. The molecular formula is C22H31N5O4. The average molecular weight is 430 g/mol. The number of amides is 3. The van der Waals surface area contributed by atoms with Crippen LogP contribution >= 0.6 is 0 Å². The van der Waals surface area contributed by atoms with Crippen molar-refractivity contribution in [1.29, 1.82) is 0 Å². The van der Waals surface area contributed by atoms with E-state index >= 15 is 0 Å². The van der Waals surface area contributed by atoms with Gasteiger partial charge in [-0.2, -0.15) is 0 Å². The Labute approximate surface area is 182 Å². The van der Waals surface area contributed by atoms with Crippen LogP contribution in [0.5, 0.6) is 0 Å². The monoisotopic (exact) mass is 429 g/mol. The molecule has 9 nitrogen and oxygen atoms in total. The summed E-state index contributed by atoms with van der Waals surface area (Å²) in [7, 11) is 0. The molecule has 0 saturated heterocycles. The van der Waals surface area contributed by atoms with E-state index in [9.17, 15) is 14.4 Å². The van der Waals surface area contributed by atoms with Crippen LogP contribution in [0.25, 0.3) is 0 Å². The van der Waals surface area contributed by atoms with Gasteiger partial charge in [-0.05, 0) is 37.8 Å². The highest BCUT2D eigenvalue weighted by Gasteiger charge is 2.48. The Morgan fingerprint density at radius 2 is 2.10 bits per heavy atom. The molecule has 1 aliphatic heterocycles. The van der Waals surface area contributed by atoms with Crippen LogP contribution in [0.15, 0.2) is 29.1 Å². The summed E-state index contributed by atoms with van der Waals surface area (Å²) in [5.74, 6) is 0.0506. The molecule has 1 aliphatic rings. The minimum absolute atomic E-state index is 0.0555. The first kappa shape index (κ1) is 22.6. The number of carbonyl (C=O) groups excluding carboxylic acids is 3. The van der Waals surface area contributed by atoms with Crippen LogP contribution in [0.4, 0.5) is 0 Å². The number of hydrogen-bond donors (Lipinski definition) is 2. The van der Waals surface area contributed by atoms with Crippen molar-refractivity contribution < 1.29 is 18.8 Å². The number of rotatable bonds is 9. The molecule has 2 aromatic rings. The van der Waals surface area contributed by atoms with Crippen LogP contribution in [0.2, 0.25) is 0 Å². The van der Waals surface area contributed by atoms with E-state index in [2.05, 4.69) is 29.5 Å². The molecule has 2 aromatic heterocycles. The van der Waals surface area contributed by atoms with Gasteiger partial charge in [-0.25, -0.2) is 4.98 Å². The third-order valence-electron chi connectivity index (χ3n) is 5.52. The lowest BCUT2D eigenvalue weighted by atomic mass is 9.93. The topological polar surface area (TPSA) is 109 Å². The Morgan fingerprint density at radius 3 is 2.74 bits per heavy atom. The fourth-order valence-corrected chi connectivity index (χ4v) is 3.76. The first-order chi connectivity index (χ1) is 14.8. The molecule has 0 fully saturated rings. The molecular weight excluding hydrogens is 398 g/mol. The quantitative estimate of drug-likeness (QED) is 0.635. The molecule has 0 spiro atoms. The predicted octanol–water partition coefficient (Wildman–Crippen LogP) is 2.19. The normalized spacial score (nSPS) is 18.2. The van der Waals surface area contributed by atoms with Crippen LogP contribution in [0, 0.1) is 5.92 Å². The third kappa shape index (κ3) is 4.65. The van der Waals surface area contributed by atoms with E-state index in [1.165, 1.54) is 12.6 Å². The highest BCUT2D eigenvalue weighted by molar-refractivity contribution is 6.07. The Balaban J connectivity index is 1.82. The van der Waals surface area contributed by atoms with Gasteiger partial charge in [0.2, 0.25) is 5.91 Å². The largest absolute Gasteiger partial charge is 0.467 e. The van der Waals surface area contributed by atoms with Crippen molar-refractivity contribution in [2.45, 2.75) is 59.2 Å². The van der Waals surface area contributed by atoms with Crippen molar-refractivity contribution in [3.05, 3.63) is 41.9 Å². The minimum Gasteiger partial charge on any atom is -0.467 e. The molecule has 3 rings (SSSR count). The first-order valence-corrected chi connectivity index (χ1v) is 10.7. The van der Waals surface area contributed by atoms with E-state index in [4.69, 9.17) is 4.42 Å². The lowest BCUT2D eigenvalue weighted by molar-refractivity contribution is -0.132. The second kappa shape index (κ2) is 9.36. The van der Waals surface area contributed by atoms with E-state index in [0.717, 1.165) is 6.42 Å². The summed E-state index contributed by atoms with van der Waals surface area (Å²) in [5, 5.41) is 5.70. The van der Waals surface area contributed by atoms with Crippen LogP contribution in [0.3, 0.4) is 0 Å². The first-order valence-electron chi connectivity index (χ1n) is 10.7. The summed E-state index contributed by atoms with van der Waals surface area (Å²) in [6.07, 6.45) is 4.53. The van der Waals surface area contributed by atoms with Gasteiger partial charge in [0.05, 0.1) is 25.7 Å². The van der Waals surface area contributed by atoms with Gasteiger partial charge in [0.25, 0.3) is 11.8 Å². The summed E-state index contributed by atoms with van der Waals surface area (Å²) >= 11 is 0. The maximum atomic E-state index is 13.4.